The number of para-hydroxylation sites is 1. The minimum absolute atomic E-state index is 0.0130. The van der Waals surface area contributed by atoms with Crippen molar-refractivity contribution in [1.29, 1.82) is 0 Å². The molecule has 2 saturated heterocycles. The highest BCUT2D eigenvalue weighted by Crippen LogP contribution is 2.30. The average Bonchev–Trinajstić information content (AvgIpc) is 2.70. The molecule has 0 unspecified atom stereocenters. The summed E-state index contributed by atoms with van der Waals surface area (Å²) in [6.45, 7) is 0. The Hall–Kier alpha value is -1.21. The number of hydrogen-bond donors (Lipinski definition) is 1. The van der Waals surface area contributed by atoms with Crippen molar-refractivity contribution in [2.45, 2.75) is 12.1 Å². The Labute approximate surface area is 110 Å². The Kier molecular flexibility index (Phi) is 2.56. The molecule has 0 amide bonds. The quantitative estimate of drug-likeness (QED) is 0.770. The first-order chi connectivity index (χ1) is 8.48. The first kappa shape index (κ1) is 11.9. The van der Waals surface area contributed by atoms with Crippen LogP contribution in [-0.2, 0) is 9.84 Å². The fraction of sp³-hybridized carbons (Fsp3) is 0.364. The van der Waals surface area contributed by atoms with Crippen LogP contribution in [0.4, 0.5) is 10.1 Å². The molecule has 3 rings (SSSR count). The number of halogens is 1. The maximum atomic E-state index is 13.8. The molecule has 4 nitrogen and oxygen atoms in total. The highest BCUT2D eigenvalue weighted by Gasteiger charge is 2.48. The summed E-state index contributed by atoms with van der Waals surface area (Å²) in [6, 6.07) is 5.71. The summed E-state index contributed by atoms with van der Waals surface area (Å²) in [4.78, 5) is 1.58. The van der Waals surface area contributed by atoms with Crippen molar-refractivity contribution in [2.75, 3.05) is 16.4 Å². The molecule has 2 aliphatic rings. The molecule has 0 aliphatic carbocycles. The molecule has 0 spiro atoms. The Morgan fingerprint density at radius 3 is 2.78 bits per heavy atom. The van der Waals surface area contributed by atoms with Gasteiger partial charge in [0, 0.05) is 0 Å². The number of thiocarbonyl (C=S) groups is 1. The SMILES string of the molecule is O=S1(=O)C[C@@H]2[C@@H](C1)NC(=S)N2c1ccccc1F. The van der Waals surface area contributed by atoms with Gasteiger partial charge in [0.05, 0.1) is 29.3 Å². The van der Waals surface area contributed by atoms with Crippen LogP contribution in [0.2, 0.25) is 0 Å². The highest BCUT2D eigenvalue weighted by atomic mass is 32.2. The summed E-state index contributed by atoms with van der Waals surface area (Å²) in [5.41, 5.74) is 0.333. The molecule has 2 heterocycles. The van der Waals surface area contributed by atoms with E-state index in [0.29, 0.717) is 10.8 Å². The third-order valence-electron chi connectivity index (χ3n) is 3.29. The first-order valence-corrected chi connectivity index (χ1v) is 7.75. The molecular formula is C11H11FN2O2S2. The number of fused-ring (bicyclic) bond motifs is 1. The number of nitrogens with one attached hydrogen (secondary N) is 1. The van der Waals surface area contributed by atoms with E-state index in [0.717, 1.165) is 0 Å². The van der Waals surface area contributed by atoms with Crippen molar-refractivity contribution in [3.8, 4) is 0 Å². The van der Waals surface area contributed by atoms with Gasteiger partial charge in [0.25, 0.3) is 0 Å². The third kappa shape index (κ3) is 1.78. The number of rotatable bonds is 1. The van der Waals surface area contributed by atoms with Crippen molar-refractivity contribution in [3.63, 3.8) is 0 Å². The Balaban J connectivity index is 2.02. The van der Waals surface area contributed by atoms with Gasteiger partial charge in [-0.3, -0.25) is 0 Å². The van der Waals surface area contributed by atoms with Crippen LogP contribution < -0.4 is 10.2 Å². The normalized spacial score (nSPS) is 29.2. The zero-order valence-corrected chi connectivity index (χ0v) is 11.0. The summed E-state index contributed by atoms with van der Waals surface area (Å²) in [5, 5.41) is 3.35. The molecule has 1 N–H and O–H groups in total. The van der Waals surface area contributed by atoms with E-state index in [9.17, 15) is 12.8 Å². The van der Waals surface area contributed by atoms with Gasteiger partial charge in [0.2, 0.25) is 0 Å². The van der Waals surface area contributed by atoms with Crippen molar-refractivity contribution in [3.05, 3.63) is 30.1 Å². The molecule has 7 heteroatoms. The lowest BCUT2D eigenvalue weighted by Gasteiger charge is -2.23. The van der Waals surface area contributed by atoms with E-state index >= 15 is 0 Å². The molecule has 1 aromatic rings. The molecule has 2 fully saturated rings. The van der Waals surface area contributed by atoms with Gasteiger partial charge in [0.15, 0.2) is 14.9 Å². The number of sulfone groups is 1. The van der Waals surface area contributed by atoms with E-state index < -0.39 is 15.7 Å². The average molecular weight is 286 g/mol. The lowest BCUT2D eigenvalue weighted by molar-refractivity contribution is 0.600. The summed E-state index contributed by atoms with van der Waals surface area (Å²) >= 11 is 5.16. The molecule has 18 heavy (non-hydrogen) atoms. The van der Waals surface area contributed by atoms with Crippen LogP contribution >= 0.6 is 12.2 Å². The Bertz CT molecular complexity index is 617. The van der Waals surface area contributed by atoms with Crippen LogP contribution in [0, 0.1) is 5.82 Å². The predicted octanol–water partition coefficient (Wildman–Crippen LogP) is 0.686. The van der Waals surface area contributed by atoms with Crippen LogP contribution in [0.3, 0.4) is 0 Å². The maximum Gasteiger partial charge on any atom is 0.174 e. The number of anilines is 1. The lowest BCUT2D eigenvalue weighted by Crippen LogP contribution is -2.37. The van der Waals surface area contributed by atoms with Crippen LogP contribution in [0.1, 0.15) is 0 Å². The van der Waals surface area contributed by atoms with Gasteiger partial charge >= 0.3 is 0 Å². The second-order valence-electron chi connectivity index (χ2n) is 4.52. The van der Waals surface area contributed by atoms with Crippen LogP contribution in [0.25, 0.3) is 0 Å². The first-order valence-electron chi connectivity index (χ1n) is 5.53. The van der Waals surface area contributed by atoms with E-state index in [4.69, 9.17) is 12.2 Å². The molecule has 2 atom stereocenters. The molecule has 2 aliphatic heterocycles. The summed E-state index contributed by atoms with van der Waals surface area (Å²) < 4.78 is 37.0. The number of benzene rings is 1. The van der Waals surface area contributed by atoms with Crippen LogP contribution in [-0.4, -0.2) is 37.1 Å². The second-order valence-corrected chi connectivity index (χ2v) is 7.06. The van der Waals surface area contributed by atoms with Crippen molar-refractivity contribution >= 4 is 32.9 Å². The standard InChI is InChI=1S/C11H11FN2O2S2/c12-7-3-1-2-4-9(7)14-10-6-18(15,16)5-8(10)13-11(14)17/h1-4,8,10H,5-6H2,(H,13,17)/t8-,10-/m1/s1. The molecular weight excluding hydrogens is 275 g/mol. The Morgan fingerprint density at radius 2 is 2.06 bits per heavy atom. The topological polar surface area (TPSA) is 49.4 Å². The van der Waals surface area contributed by atoms with E-state index in [1.807, 2.05) is 0 Å². The third-order valence-corrected chi connectivity index (χ3v) is 5.32. The minimum Gasteiger partial charge on any atom is -0.356 e. The smallest absolute Gasteiger partial charge is 0.174 e. The fourth-order valence-corrected chi connectivity index (χ4v) is 4.81. The predicted molar refractivity (Wildman–Crippen MR) is 70.8 cm³/mol. The van der Waals surface area contributed by atoms with Gasteiger partial charge in [-0.25, -0.2) is 12.8 Å². The van der Waals surface area contributed by atoms with Gasteiger partial charge in [-0.1, -0.05) is 12.1 Å². The van der Waals surface area contributed by atoms with Crippen molar-refractivity contribution in [2.24, 2.45) is 0 Å². The van der Waals surface area contributed by atoms with E-state index in [1.165, 1.54) is 6.07 Å². The van der Waals surface area contributed by atoms with E-state index in [-0.39, 0.29) is 23.6 Å². The second kappa shape index (κ2) is 3.89. The maximum absolute atomic E-state index is 13.8. The summed E-state index contributed by atoms with van der Waals surface area (Å²) in [5.74, 6) is -0.325. The largest absolute Gasteiger partial charge is 0.356 e. The molecule has 96 valence electrons. The minimum atomic E-state index is -3.07. The number of nitrogens with zero attached hydrogens (tertiary/aromatic N) is 1. The lowest BCUT2D eigenvalue weighted by atomic mass is 10.1. The van der Waals surface area contributed by atoms with Gasteiger partial charge in [-0.2, -0.15) is 0 Å². The highest BCUT2D eigenvalue weighted by molar-refractivity contribution is 7.91. The molecule has 0 aromatic heterocycles. The summed E-state index contributed by atoms with van der Waals surface area (Å²) in [6.07, 6.45) is 0. The van der Waals surface area contributed by atoms with E-state index in [2.05, 4.69) is 5.32 Å². The van der Waals surface area contributed by atoms with Gasteiger partial charge < -0.3 is 10.2 Å². The fourth-order valence-electron chi connectivity index (χ4n) is 2.54. The van der Waals surface area contributed by atoms with Crippen molar-refractivity contribution < 1.29 is 12.8 Å². The zero-order chi connectivity index (χ0) is 12.9. The molecule has 0 radical (unpaired) electrons. The van der Waals surface area contributed by atoms with Gasteiger partial charge in [0.1, 0.15) is 5.82 Å². The Morgan fingerprint density at radius 1 is 1.33 bits per heavy atom. The molecule has 0 bridgehead atoms. The van der Waals surface area contributed by atoms with Crippen LogP contribution in [0.15, 0.2) is 24.3 Å². The van der Waals surface area contributed by atoms with Crippen LogP contribution in [0.5, 0.6) is 0 Å². The zero-order valence-electron chi connectivity index (χ0n) is 9.34. The van der Waals surface area contributed by atoms with Crippen molar-refractivity contribution in [1.82, 2.24) is 5.32 Å². The molecule has 1 aromatic carbocycles. The summed E-state index contributed by atoms with van der Waals surface area (Å²) in [7, 11) is -3.07. The number of hydrogen-bond acceptors (Lipinski definition) is 3. The monoisotopic (exact) mass is 286 g/mol. The van der Waals surface area contributed by atoms with E-state index in [1.54, 1.807) is 23.1 Å². The van der Waals surface area contributed by atoms with Gasteiger partial charge in [-0.15, -0.1) is 0 Å². The van der Waals surface area contributed by atoms with Gasteiger partial charge in [-0.05, 0) is 24.4 Å². The molecule has 0 saturated carbocycles.